The number of nitrogens with zero attached hydrogens (tertiary/aromatic N) is 3. The normalized spacial score (nSPS) is 11.0. The molecule has 0 aliphatic rings. The van der Waals surface area contributed by atoms with Crippen LogP contribution in [0.25, 0.3) is 22.0 Å². The minimum atomic E-state index is -0.270. The summed E-state index contributed by atoms with van der Waals surface area (Å²) in [5, 5.41) is 11.5. The summed E-state index contributed by atoms with van der Waals surface area (Å²) in [6.45, 7) is 0.623. The average Bonchev–Trinajstić information content (AvgIpc) is 3.44. The van der Waals surface area contributed by atoms with E-state index in [0.29, 0.717) is 39.3 Å². The number of fused-ring (bicyclic) bond motifs is 1. The molecule has 3 aromatic carbocycles. The predicted molar refractivity (Wildman–Crippen MR) is 147 cm³/mol. The van der Waals surface area contributed by atoms with Crippen molar-refractivity contribution in [2.24, 2.45) is 0 Å². The Labute approximate surface area is 220 Å². The molecular weight excluding hydrogens is 516 g/mol. The van der Waals surface area contributed by atoms with Crippen LogP contribution >= 0.6 is 34.9 Å². The van der Waals surface area contributed by atoms with E-state index in [1.165, 1.54) is 11.9 Å². The lowest BCUT2D eigenvalue weighted by molar-refractivity contribution is 0.414. The van der Waals surface area contributed by atoms with Gasteiger partial charge in [0.05, 0.1) is 26.2 Å². The Bertz CT molecular complexity index is 1560. The van der Waals surface area contributed by atoms with Crippen LogP contribution in [0.3, 0.4) is 0 Å². The van der Waals surface area contributed by atoms with Crippen molar-refractivity contribution in [3.8, 4) is 22.8 Å². The first-order chi connectivity index (χ1) is 17.6. The lowest BCUT2D eigenvalue weighted by atomic mass is 10.0. The van der Waals surface area contributed by atoms with Gasteiger partial charge >= 0.3 is 0 Å². The monoisotopic (exact) mass is 536 g/mol. The summed E-state index contributed by atoms with van der Waals surface area (Å²) in [4.78, 5) is 18.2. The molecule has 2 aromatic heterocycles. The van der Waals surface area contributed by atoms with Gasteiger partial charge in [-0.2, -0.15) is 5.10 Å². The lowest BCUT2D eigenvalue weighted by Gasteiger charge is -2.21. The predicted octanol–water partition coefficient (Wildman–Crippen LogP) is 6.43. The molecule has 36 heavy (non-hydrogen) atoms. The molecule has 0 saturated heterocycles. The fourth-order valence-corrected chi connectivity index (χ4v) is 5.63. The maximum atomic E-state index is 12.8. The summed E-state index contributed by atoms with van der Waals surface area (Å²) >= 11 is 9.32. The number of methoxy groups -OCH3 is 2. The highest BCUT2D eigenvalue weighted by Crippen LogP contribution is 2.37. The highest BCUT2D eigenvalue weighted by Gasteiger charge is 2.17. The van der Waals surface area contributed by atoms with Gasteiger partial charge in [-0.15, -0.1) is 11.3 Å². The molecule has 0 atom stereocenters. The minimum absolute atomic E-state index is 0.270. The average molecular weight is 537 g/mol. The number of nitrogens with one attached hydrogen (secondary N) is 1. The molecule has 0 bridgehead atoms. The number of thiazole rings is 1. The van der Waals surface area contributed by atoms with Crippen molar-refractivity contribution < 1.29 is 9.47 Å². The lowest BCUT2D eigenvalue weighted by Crippen LogP contribution is -2.14. The zero-order chi connectivity index (χ0) is 25.1. The van der Waals surface area contributed by atoms with E-state index in [9.17, 15) is 4.79 Å². The first-order valence-corrected chi connectivity index (χ1v) is 12.9. The minimum Gasteiger partial charge on any atom is -0.497 e. The number of H-pyrrole nitrogens is 1. The summed E-state index contributed by atoms with van der Waals surface area (Å²) in [5.41, 5.74) is 2.14. The topological polar surface area (TPSA) is 80.3 Å². The molecule has 0 unspecified atom stereocenters. The van der Waals surface area contributed by atoms with Crippen LogP contribution in [0.1, 0.15) is 5.56 Å². The number of aromatic amines is 1. The molecule has 0 aliphatic heterocycles. The Morgan fingerprint density at radius 2 is 1.86 bits per heavy atom. The molecule has 0 fully saturated rings. The van der Waals surface area contributed by atoms with Crippen molar-refractivity contribution in [1.29, 1.82) is 0 Å². The Kier molecular flexibility index (Phi) is 7.13. The van der Waals surface area contributed by atoms with Crippen LogP contribution in [-0.2, 0) is 6.54 Å². The molecule has 0 radical (unpaired) electrons. The number of ether oxygens (including phenoxy) is 2. The van der Waals surface area contributed by atoms with Gasteiger partial charge in [0.1, 0.15) is 17.2 Å². The molecule has 182 valence electrons. The second kappa shape index (κ2) is 10.6. The van der Waals surface area contributed by atoms with Crippen LogP contribution in [0.15, 0.2) is 81.9 Å². The van der Waals surface area contributed by atoms with Gasteiger partial charge in [0, 0.05) is 32.4 Å². The first-order valence-electron chi connectivity index (χ1n) is 10.9. The van der Waals surface area contributed by atoms with Gasteiger partial charge < -0.3 is 9.47 Å². The maximum Gasteiger partial charge on any atom is 0.272 e. The summed E-state index contributed by atoms with van der Waals surface area (Å²) in [6.07, 6.45) is 1.78. The van der Waals surface area contributed by atoms with E-state index >= 15 is 0 Å². The van der Waals surface area contributed by atoms with Crippen LogP contribution < -0.4 is 19.3 Å². The van der Waals surface area contributed by atoms with Gasteiger partial charge in [-0.25, -0.2) is 10.1 Å². The van der Waals surface area contributed by atoms with Crippen LogP contribution in [0.4, 0.5) is 5.13 Å². The number of hydrogen-bond donors (Lipinski definition) is 1. The van der Waals surface area contributed by atoms with Crippen molar-refractivity contribution in [2.45, 2.75) is 11.4 Å². The quantitative estimate of drug-likeness (QED) is 0.229. The van der Waals surface area contributed by atoms with Gasteiger partial charge in [-0.05, 0) is 60.0 Å². The second-order valence-corrected chi connectivity index (χ2v) is 10.1. The molecule has 0 aliphatic carbocycles. The Morgan fingerprint density at radius 1 is 1.03 bits per heavy atom. The van der Waals surface area contributed by atoms with Crippen LogP contribution in [0.2, 0.25) is 5.02 Å². The molecular formula is C26H21ClN4O3S2. The van der Waals surface area contributed by atoms with Crippen molar-refractivity contribution in [3.05, 3.63) is 93.2 Å². The van der Waals surface area contributed by atoms with E-state index < -0.39 is 0 Å². The number of benzene rings is 3. The summed E-state index contributed by atoms with van der Waals surface area (Å²) < 4.78 is 12.9. The Morgan fingerprint density at radius 3 is 2.58 bits per heavy atom. The van der Waals surface area contributed by atoms with E-state index in [4.69, 9.17) is 21.1 Å². The molecule has 1 N–H and O–H groups in total. The molecule has 10 heteroatoms. The van der Waals surface area contributed by atoms with Crippen LogP contribution in [0.5, 0.6) is 11.5 Å². The summed E-state index contributed by atoms with van der Waals surface area (Å²) in [6, 6.07) is 19.0. The number of anilines is 1. The van der Waals surface area contributed by atoms with E-state index in [-0.39, 0.29) is 5.56 Å². The molecule has 5 aromatic rings. The molecule has 0 amide bonds. The smallest absolute Gasteiger partial charge is 0.272 e. The van der Waals surface area contributed by atoms with Gasteiger partial charge in [-0.3, -0.25) is 9.10 Å². The summed E-state index contributed by atoms with van der Waals surface area (Å²) in [7, 11) is 3.24. The first kappa shape index (κ1) is 24.2. The number of aromatic nitrogens is 3. The van der Waals surface area contributed by atoms with Gasteiger partial charge in [0.15, 0.2) is 5.13 Å². The third-order valence-electron chi connectivity index (χ3n) is 5.51. The number of hydrogen-bond acceptors (Lipinski definition) is 8. The molecule has 2 heterocycles. The van der Waals surface area contributed by atoms with E-state index in [1.807, 2.05) is 47.8 Å². The van der Waals surface area contributed by atoms with E-state index in [2.05, 4.69) is 19.5 Å². The maximum absolute atomic E-state index is 12.8. The van der Waals surface area contributed by atoms with E-state index in [0.717, 1.165) is 21.3 Å². The second-order valence-electron chi connectivity index (χ2n) is 7.74. The number of rotatable bonds is 8. The zero-order valence-corrected chi connectivity index (χ0v) is 21.8. The Hall–Kier alpha value is -3.53. The molecule has 5 rings (SSSR count). The van der Waals surface area contributed by atoms with E-state index in [1.54, 1.807) is 50.0 Å². The Balaban J connectivity index is 1.52. The van der Waals surface area contributed by atoms with Crippen LogP contribution in [-0.4, -0.2) is 29.4 Å². The molecule has 0 saturated carbocycles. The van der Waals surface area contributed by atoms with Gasteiger partial charge in [-0.1, -0.05) is 29.8 Å². The van der Waals surface area contributed by atoms with Crippen molar-refractivity contribution in [2.75, 3.05) is 18.5 Å². The van der Waals surface area contributed by atoms with Gasteiger partial charge in [0.25, 0.3) is 5.56 Å². The molecule has 0 spiro atoms. The fraction of sp³-hybridized carbons (Fsp3) is 0.115. The zero-order valence-electron chi connectivity index (χ0n) is 19.4. The SMILES string of the molecule is COc1ccc(CN(Sc2ccc3c(-c4cc(Cl)ccc4OC)n[nH]c(=O)c3c2)c2nccs2)cc1. The fourth-order valence-electron chi connectivity index (χ4n) is 3.77. The number of halogens is 1. The van der Waals surface area contributed by atoms with Crippen LogP contribution in [0, 0.1) is 0 Å². The third kappa shape index (κ3) is 5.04. The van der Waals surface area contributed by atoms with Crippen molar-refractivity contribution in [3.63, 3.8) is 0 Å². The third-order valence-corrected chi connectivity index (χ3v) is 7.64. The standard InChI is InChI=1S/C26H21ClN4O3S2/c1-33-18-6-3-16(4-7-18)15-31(26-28-11-12-35-26)36-19-8-9-20-21(14-19)25(32)30-29-24(20)22-13-17(27)5-10-23(22)34-2/h3-14H,15H2,1-2H3,(H,30,32). The highest BCUT2D eigenvalue weighted by atomic mass is 35.5. The largest absolute Gasteiger partial charge is 0.497 e. The summed E-state index contributed by atoms with van der Waals surface area (Å²) in [5.74, 6) is 1.43. The van der Waals surface area contributed by atoms with Crippen molar-refractivity contribution >= 4 is 50.8 Å². The van der Waals surface area contributed by atoms with Crippen molar-refractivity contribution in [1.82, 2.24) is 15.2 Å². The highest BCUT2D eigenvalue weighted by molar-refractivity contribution is 8.00. The molecule has 7 nitrogen and oxygen atoms in total. The van der Waals surface area contributed by atoms with Gasteiger partial charge in [0.2, 0.25) is 0 Å².